The van der Waals surface area contributed by atoms with Crippen molar-refractivity contribution in [2.24, 2.45) is 5.41 Å². The standard InChI is InChI=1S/C37H31N2O.C15H16N.Ir/c1-23-18-25(20-37(3,4)5)14-16-28(23)32-19-33(39-22-24(32)2)31-13-9-12-29-30-17-15-27(21-38)34(36(30)40-35(29)31)26-10-7-6-8-11-26;1-15(2,3)13-9-10-14(16-11-13)12-7-5-4-6-8-12;/h6-12,14-19,22H,20H2,1-5H3;4-7,9-11H,1-3H3;/q2*-1;/i1D3,2D3,16D,20D2;;. The van der Waals surface area contributed by atoms with E-state index in [1.54, 1.807) is 39.0 Å². The van der Waals surface area contributed by atoms with Crippen LogP contribution < -0.4 is 0 Å². The van der Waals surface area contributed by atoms with Crippen molar-refractivity contribution in [2.45, 2.75) is 67.0 Å². The molecule has 0 spiro atoms. The van der Waals surface area contributed by atoms with Crippen LogP contribution in [0.2, 0.25) is 0 Å². The maximum atomic E-state index is 9.95. The van der Waals surface area contributed by atoms with E-state index in [4.69, 9.17) is 16.8 Å². The average Bonchev–Trinajstić information content (AvgIpc) is 3.64. The molecule has 4 nitrogen and oxygen atoms in total. The molecule has 0 amide bonds. The number of aryl methyl sites for hydroxylation is 2. The molecule has 0 aliphatic carbocycles. The van der Waals surface area contributed by atoms with E-state index >= 15 is 0 Å². The fourth-order valence-electron chi connectivity index (χ4n) is 6.55. The number of hydrogen-bond acceptors (Lipinski definition) is 4. The first-order chi connectivity index (χ1) is 30.4. The summed E-state index contributed by atoms with van der Waals surface area (Å²) in [5, 5.41) is 11.4. The minimum atomic E-state index is -2.82. The molecule has 57 heavy (non-hydrogen) atoms. The summed E-state index contributed by atoms with van der Waals surface area (Å²) in [4.78, 5) is 8.97. The van der Waals surface area contributed by atoms with Crippen LogP contribution >= 0.6 is 0 Å². The second-order valence-electron chi connectivity index (χ2n) is 15.7. The third-order valence-corrected chi connectivity index (χ3v) is 9.29. The van der Waals surface area contributed by atoms with Gasteiger partial charge in [-0.1, -0.05) is 125 Å². The Labute approximate surface area is 363 Å². The number of nitrogens with zero attached hydrogens (tertiary/aromatic N) is 3. The first kappa shape index (κ1) is 30.5. The monoisotopic (exact) mass is 931 g/mol. The van der Waals surface area contributed by atoms with Crippen LogP contribution in [0.3, 0.4) is 0 Å². The molecule has 0 unspecified atom stereocenters. The van der Waals surface area contributed by atoms with Gasteiger partial charge in [-0.25, -0.2) is 0 Å². The molecule has 287 valence electrons. The molecule has 0 atom stereocenters. The number of hydrogen-bond donors (Lipinski definition) is 0. The molecule has 8 rings (SSSR count). The van der Waals surface area contributed by atoms with Crippen LogP contribution in [-0.2, 0) is 31.9 Å². The SMILES string of the molecule is CC(C)(C)c1ccc(-c2[c-]cccc2)nc1.[2H]c1cc(C([2H])([2H])C(C)(C)C)cc(C([2H])([2H])[2H])c1-c1cc(-c2[c-]ccc3c2oc2c(-c4ccccc4)c(C#N)ccc23)ncc1C([2H])([2H])[2H].[Ir]. The van der Waals surface area contributed by atoms with Gasteiger partial charge < -0.3 is 14.4 Å². The Hall–Kier alpha value is -5.66. The molecule has 8 aromatic rings. The summed E-state index contributed by atoms with van der Waals surface area (Å²) in [6.07, 6.45) is 1.10. The largest absolute Gasteiger partial charge is 0.500 e. The van der Waals surface area contributed by atoms with E-state index in [-0.39, 0.29) is 65.1 Å². The Balaban J connectivity index is 0.000000357. The summed E-state index contributed by atoms with van der Waals surface area (Å²) >= 11 is 0. The first-order valence-corrected chi connectivity index (χ1v) is 18.4. The fraction of sp³-hybridized carbons (Fsp3) is 0.212. The summed E-state index contributed by atoms with van der Waals surface area (Å²) in [7, 11) is 0. The van der Waals surface area contributed by atoms with Crippen LogP contribution in [0.1, 0.15) is 81.7 Å². The van der Waals surface area contributed by atoms with Crippen molar-refractivity contribution < 1.29 is 36.9 Å². The predicted molar refractivity (Wildman–Crippen MR) is 231 cm³/mol. The van der Waals surface area contributed by atoms with Crippen molar-refractivity contribution in [1.82, 2.24) is 9.97 Å². The van der Waals surface area contributed by atoms with Crippen LogP contribution in [-0.4, -0.2) is 9.97 Å². The fourth-order valence-corrected chi connectivity index (χ4v) is 6.55. The molecule has 0 fully saturated rings. The van der Waals surface area contributed by atoms with Crippen molar-refractivity contribution in [3.05, 3.63) is 168 Å². The van der Waals surface area contributed by atoms with Gasteiger partial charge in [0, 0.05) is 54.4 Å². The number of pyridine rings is 2. The van der Waals surface area contributed by atoms with Crippen molar-refractivity contribution in [2.75, 3.05) is 0 Å². The molecule has 0 bridgehead atoms. The van der Waals surface area contributed by atoms with Gasteiger partial charge in [-0.2, -0.15) is 5.26 Å². The minimum Gasteiger partial charge on any atom is -0.500 e. The Kier molecular flexibility index (Phi) is 9.00. The number of benzene rings is 5. The number of rotatable bonds is 5. The molecule has 0 N–H and O–H groups in total. The molecule has 0 saturated heterocycles. The van der Waals surface area contributed by atoms with Crippen LogP contribution in [0.4, 0.5) is 0 Å². The smallest absolute Gasteiger partial charge is 0.130 e. The van der Waals surface area contributed by atoms with Gasteiger partial charge in [-0.3, -0.25) is 0 Å². The van der Waals surface area contributed by atoms with Gasteiger partial charge >= 0.3 is 0 Å². The Morgan fingerprint density at radius 3 is 2.18 bits per heavy atom. The van der Waals surface area contributed by atoms with Gasteiger partial charge in [0.15, 0.2) is 0 Å². The Morgan fingerprint density at radius 1 is 0.754 bits per heavy atom. The summed E-state index contributed by atoms with van der Waals surface area (Å²) in [5.41, 5.74) is 4.99. The maximum absolute atomic E-state index is 9.95. The number of aromatic nitrogens is 2. The topological polar surface area (TPSA) is 62.7 Å². The second-order valence-corrected chi connectivity index (χ2v) is 15.7. The quantitative estimate of drug-likeness (QED) is 0.161. The van der Waals surface area contributed by atoms with E-state index in [0.717, 1.165) is 28.4 Å². The predicted octanol–water partition coefficient (Wildman–Crippen LogP) is 13.7. The molecule has 5 heteroatoms. The van der Waals surface area contributed by atoms with Gasteiger partial charge in [0.05, 0.1) is 18.6 Å². The molecular formula is C52H47IrN3O-2. The third kappa shape index (κ3) is 9.00. The zero-order valence-corrected chi connectivity index (χ0v) is 35.0. The number of nitriles is 1. The number of furan rings is 1. The van der Waals surface area contributed by atoms with Gasteiger partial charge in [-0.15, -0.1) is 54.1 Å². The summed E-state index contributed by atoms with van der Waals surface area (Å²) in [5.74, 6) is 0. The summed E-state index contributed by atoms with van der Waals surface area (Å²) in [6, 6.07) is 40.7. The second kappa shape index (κ2) is 16.8. The molecule has 3 aromatic heterocycles. The van der Waals surface area contributed by atoms with Crippen molar-refractivity contribution in [3.8, 4) is 50.8 Å². The average molecular weight is 931 g/mol. The minimum absolute atomic E-state index is 0. The maximum Gasteiger partial charge on any atom is 0.130 e. The molecule has 5 aromatic carbocycles. The number of fused-ring (bicyclic) bond motifs is 3. The summed E-state index contributed by atoms with van der Waals surface area (Å²) in [6.45, 7) is 6.07. The van der Waals surface area contributed by atoms with Crippen LogP contribution in [0.5, 0.6) is 0 Å². The van der Waals surface area contributed by atoms with E-state index in [9.17, 15) is 5.26 Å². The van der Waals surface area contributed by atoms with E-state index in [1.807, 2.05) is 66.9 Å². The van der Waals surface area contributed by atoms with E-state index in [2.05, 4.69) is 61.1 Å². The molecule has 0 saturated carbocycles. The van der Waals surface area contributed by atoms with Crippen LogP contribution in [0.25, 0.3) is 66.7 Å². The van der Waals surface area contributed by atoms with Crippen molar-refractivity contribution in [1.29, 1.82) is 5.26 Å². The zero-order chi connectivity index (χ0) is 47.3. The van der Waals surface area contributed by atoms with Gasteiger partial charge in [0.1, 0.15) is 5.58 Å². The normalized spacial score (nSPS) is 14.4. The van der Waals surface area contributed by atoms with E-state index in [0.29, 0.717) is 33.2 Å². The van der Waals surface area contributed by atoms with Gasteiger partial charge in [0.2, 0.25) is 0 Å². The molecular weight excluding hydrogens is 875 g/mol. The summed E-state index contributed by atoms with van der Waals surface area (Å²) < 4.78 is 83.0. The third-order valence-electron chi connectivity index (χ3n) is 9.29. The first-order valence-electron chi connectivity index (χ1n) is 22.9. The van der Waals surface area contributed by atoms with E-state index < -0.39 is 25.5 Å². The molecule has 0 aliphatic heterocycles. The van der Waals surface area contributed by atoms with Crippen molar-refractivity contribution >= 4 is 21.9 Å². The van der Waals surface area contributed by atoms with Crippen molar-refractivity contribution in [3.63, 3.8) is 0 Å². The molecule has 0 aliphatic rings. The Morgan fingerprint density at radius 2 is 1.51 bits per heavy atom. The van der Waals surface area contributed by atoms with Gasteiger partial charge in [-0.05, 0) is 87.3 Å². The zero-order valence-electron chi connectivity index (χ0n) is 41.6. The van der Waals surface area contributed by atoms with Crippen LogP contribution in [0, 0.1) is 42.6 Å². The molecule has 3 heterocycles. The van der Waals surface area contributed by atoms with Gasteiger partial charge in [0.25, 0.3) is 0 Å². The van der Waals surface area contributed by atoms with E-state index in [1.165, 1.54) is 23.8 Å². The van der Waals surface area contributed by atoms with Crippen LogP contribution in [0.15, 0.2) is 132 Å². The molecule has 1 radical (unpaired) electrons. The Bertz CT molecular complexity index is 3070.